The molecule has 0 fully saturated rings. The smallest absolute Gasteiger partial charge is 0.320 e. The van der Waals surface area contributed by atoms with Crippen LogP contribution in [0.5, 0.6) is 0 Å². The number of fused-ring (bicyclic) bond motifs is 1. The lowest BCUT2D eigenvalue weighted by atomic mass is 10.1. The largest absolute Gasteiger partial charge is 0.480 e. The number of carboxylic acid groups (broad SMARTS) is 1. The van der Waals surface area contributed by atoms with Crippen LogP contribution in [0.15, 0.2) is 41.3 Å². The maximum absolute atomic E-state index is 12.6. The number of carbonyl (C=O) groups is 1. The van der Waals surface area contributed by atoms with Crippen LogP contribution >= 0.6 is 0 Å². The number of sulfone groups is 1. The topological polar surface area (TPSA) is 123 Å². The Hall–Kier alpha value is -2.12. The van der Waals surface area contributed by atoms with Crippen LogP contribution < -0.4 is 11.5 Å². The minimum absolute atomic E-state index is 0.140. The number of nitrogens with two attached hydrogens (primary N) is 2. The lowest BCUT2D eigenvalue weighted by Gasteiger charge is -2.17. The third-order valence-electron chi connectivity index (χ3n) is 3.63. The van der Waals surface area contributed by atoms with E-state index in [0.29, 0.717) is 16.5 Å². The molecule has 0 aliphatic rings. The highest BCUT2D eigenvalue weighted by molar-refractivity contribution is 7.91. The first-order valence-corrected chi connectivity index (χ1v) is 8.37. The zero-order valence-electron chi connectivity index (χ0n) is 12.1. The molecule has 2 atom stereocenters. The van der Waals surface area contributed by atoms with E-state index in [9.17, 15) is 13.2 Å². The van der Waals surface area contributed by atoms with E-state index in [1.165, 1.54) is 19.1 Å². The predicted molar refractivity (Wildman–Crippen MR) is 85.2 cm³/mol. The summed E-state index contributed by atoms with van der Waals surface area (Å²) in [5.41, 5.74) is 11.9. The molecule has 0 aliphatic carbocycles. The summed E-state index contributed by atoms with van der Waals surface area (Å²) in [6.45, 7) is 1.51. The standard InChI is InChI=1S/C15H18N2O4S/c1-9(14(17)15(18)19)8-22(20,21)13-7-6-12(16)10-4-2-3-5-11(10)13/h2-7,9,14H,8,16-17H2,1H3,(H,18,19)/t9?,14-/m1/s1. The van der Waals surface area contributed by atoms with E-state index in [-0.39, 0.29) is 10.6 Å². The Labute approximate surface area is 128 Å². The van der Waals surface area contributed by atoms with Crippen LogP contribution in [0.3, 0.4) is 0 Å². The normalized spacial score (nSPS) is 14.6. The van der Waals surface area contributed by atoms with E-state index in [1.807, 2.05) is 0 Å². The zero-order valence-corrected chi connectivity index (χ0v) is 12.9. The Bertz CT molecular complexity index is 817. The zero-order chi connectivity index (χ0) is 16.5. The first-order chi connectivity index (χ1) is 10.2. The summed E-state index contributed by atoms with van der Waals surface area (Å²) < 4.78 is 25.2. The fraction of sp³-hybridized carbons (Fsp3) is 0.267. The van der Waals surface area contributed by atoms with Gasteiger partial charge in [-0.2, -0.15) is 0 Å². The Morgan fingerprint density at radius 2 is 1.77 bits per heavy atom. The molecule has 0 saturated heterocycles. The van der Waals surface area contributed by atoms with E-state index in [4.69, 9.17) is 16.6 Å². The molecule has 0 aromatic heterocycles. The molecule has 0 amide bonds. The van der Waals surface area contributed by atoms with Gasteiger partial charge in [0.1, 0.15) is 6.04 Å². The molecule has 0 saturated carbocycles. The molecule has 2 aromatic carbocycles. The Morgan fingerprint density at radius 3 is 2.36 bits per heavy atom. The maximum atomic E-state index is 12.6. The average molecular weight is 322 g/mol. The van der Waals surface area contributed by atoms with Crippen molar-refractivity contribution in [2.75, 3.05) is 11.5 Å². The Morgan fingerprint density at radius 1 is 1.18 bits per heavy atom. The van der Waals surface area contributed by atoms with E-state index in [1.54, 1.807) is 24.3 Å². The maximum Gasteiger partial charge on any atom is 0.320 e. The fourth-order valence-corrected chi connectivity index (χ4v) is 4.22. The van der Waals surface area contributed by atoms with Crippen LogP contribution in [0.1, 0.15) is 6.92 Å². The summed E-state index contributed by atoms with van der Waals surface area (Å²) in [6.07, 6.45) is 0. The van der Waals surface area contributed by atoms with Crippen molar-refractivity contribution < 1.29 is 18.3 Å². The molecular weight excluding hydrogens is 304 g/mol. The molecule has 0 spiro atoms. The highest BCUT2D eigenvalue weighted by Crippen LogP contribution is 2.29. The summed E-state index contributed by atoms with van der Waals surface area (Å²) in [7, 11) is -3.68. The lowest BCUT2D eigenvalue weighted by Crippen LogP contribution is -2.39. The molecule has 0 bridgehead atoms. The van der Waals surface area contributed by atoms with Crippen LogP contribution in [-0.4, -0.2) is 31.3 Å². The van der Waals surface area contributed by atoms with Gasteiger partial charge in [0.15, 0.2) is 9.84 Å². The van der Waals surface area contributed by atoms with Crippen molar-refractivity contribution in [1.82, 2.24) is 0 Å². The molecule has 6 nitrogen and oxygen atoms in total. The fourth-order valence-electron chi connectivity index (χ4n) is 2.35. The number of hydrogen-bond acceptors (Lipinski definition) is 5. The molecule has 118 valence electrons. The lowest BCUT2D eigenvalue weighted by molar-refractivity contribution is -0.139. The highest BCUT2D eigenvalue weighted by Gasteiger charge is 2.27. The van der Waals surface area contributed by atoms with Gasteiger partial charge in [-0.1, -0.05) is 31.2 Å². The molecule has 22 heavy (non-hydrogen) atoms. The number of anilines is 1. The van der Waals surface area contributed by atoms with Crippen molar-refractivity contribution >= 4 is 32.3 Å². The van der Waals surface area contributed by atoms with Gasteiger partial charge in [0.05, 0.1) is 10.6 Å². The number of carboxylic acids is 1. The van der Waals surface area contributed by atoms with Gasteiger partial charge in [0.25, 0.3) is 0 Å². The minimum atomic E-state index is -3.68. The molecule has 1 unspecified atom stereocenters. The molecule has 2 rings (SSSR count). The first-order valence-electron chi connectivity index (χ1n) is 6.72. The van der Waals surface area contributed by atoms with E-state index in [0.717, 1.165) is 0 Å². The van der Waals surface area contributed by atoms with Crippen molar-refractivity contribution in [3.8, 4) is 0 Å². The van der Waals surface area contributed by atoms with E-state index >= 15 is 0 Å². The van der Waals surface area contributed by atoms with Gasteiger partial charge in [-0.15, -0.1) is 0 Å². The third-order valence-corrected chi connectivity index (χ3v) is 5.62. The van der Waals surface area contributed by atoms with Gasteiger partial charge in [-0.3, -0.25) is 4.79 Å². The van der Waals surface area contributed by atoms with Gasteiger partial charge < -0.3 is 16.6 Å². The van der Waals surface area contributed by atoms with Gasteiger partial charge in [0.2, 0.25) is 0 Å². The SMILES string of the molecule is CC(CS(=O)(=O)c1ccc(N)c2ccccc12)[C@@H](N)C(=O)O. The van der Waals surface area contributed by atoms with Gasteiger partial charge in [-0.25, -0.2) is 8.42 Å². The first kappa shape index (κ1) is 16.3. The van der Waals surface area contributed by atoms with Gasteiger partial charge in [0, 0.05) is 16.5 Å². The second kappa shape index (κ2) is 5.94. The van der Waals surface area contributed by atoms with E-state index < -0.39 is 27.8 Å². The average Bonchev–Trinajstić information content (AvgIpc) is 2.46. The number of nitrogen functional groups attached to an aromatic ring is 1. The second-order valence-corrected chi connectivity index (χ2v) is 7.32. The molecular formula is C15H18N2O4S. The summed E-state index contributed by atoms with van der Waals surface area (Å²) >= 11 is 0. The van der Waals surface area contributed by atoms with Crippen LogP contribution in [0.2, 0.25) is 0 Å². The molecule has 0 aliphatic heterocycles. The second-order valence-electron chi connectivity index (χ2n) is 5.32. The van der Waals surface area contributed by atoms with Gasteiger partial charge in [-0.05, 0) is 18.1 Å². The molecule has 5 N–H and O–H groups in total. The van der Waals surface area contributed by atoms with Crippen molar-refractivity contribution in [3.05, 3.63) is 36.4 Å². The van der Waals surface area contributed by atoms with Crippen molar-refractivity contribution in [1.29, 1.82) is 0 Å². The summed E-state index contributed by atoms with van der Waals surface area (Å²) in [6, 6.07) is 8.69. The molecule has 0 radical (unpaired) electrons. The summed E-state index contributed by atoms with van der Waals surface area (Å²) in [5, 5.41) is 10.1. The molecule has 0 heterocycles. The predicted octanol–water partition coefficient (Wildman–Crippen LogP) is 1.24. The number of benzene rings is 2. The summed E-state index contributed by atoms with van der Waals surface area (Å²) in [5.74, 6) is -2.27. The van der Waals surface area contributed by atoms with Gasteiger partial charge >= 0.3 is 5.97 Å². The van der Waals surface area contributed by atoms with Crippen molar-refractivity contribution in [2.24, 2.45) is 11.7 Å². The quantitative estimate of drug-likeness (QED) is 0.712. The van der Waals surface area contributed by atoms with Crippen LogP contribution in [0.4, 0.5) is 5.69 Å². The Kier molecular flexibility index (Phi) is 4.39. The Balaban J connectivity index is 2.47. The van der Waals surface area contributed by atoms with Crippen molar-refractivity contribution in [2.45, 2.75) is 17.9 Å². The van der Waals surface area contributed by atoms with Crippen LogP contribution in [0.25, 0.3) is 10.8 Å². The minimum Gasteiger partial charge on any atom is -0.480 e. The molecule has 2 aromatic rings. The number of rotatable bonds is 5. The monoisotopic (exact) mass is 322 g/mol. The van der Waals surface area contributed by atoms with Crippen molar-refractivity contribution in [3.63, 3.8) is 0 Å². The number of aliphatic carboxylic acids is 1. The van der Waals surface area contributed by atoms with Crippen LogP contribution in [0, 0.1) is 5.92 Å². The summed E-state index contributed by atoms with van der Waals surface area (Å²) in [4.78, 5) is 11.0. The number of hydrogen-bond donors (Lipinski definition) is 3. The van der Waals surface area contributed by atoms with E-state index in [2.05, 4.69) is 0 Å². The third kappa shape index (κ3) is 3.05. The highest BCUT2D eigenvalue weighted by atomic mass is 32.2. The van der Waals surface area contributed by atoms with Crippen LogP contribution in [-0.2, 0) is 14.6 Å². The molecule has 7 heteroatoms.